The molecule has 0 aliphatic heterocycles. The number of aryl methyl sites for hydroxylation is 1. The minimum absolute atomic E-state index is 0.0277. The van der Waals surface area contributed by atoms with E-state index in [1.165, 1.54) is 48.1 Å². The van der Waals surface area contributed by atoms with Crippen LogP contribution in [-0.4, -0.2) is 17.5 Å². The lowest BCUT2D eigenvalue weighted by Gasteiger charge is -2.06. The SMILES string of the molecule is CCCCCCCOc1ccc(/C=C(\C#N)C(=O)Nc2ncc(Cc3ccc(C)cc3)s2)cc1. The number of unbranched alkanes of at least 4 members (excludes halogenated alkanes) is 4. The second-order valence-electron chi connectivity index (χ2n) is 8.25. The van der Waals surface area contributed by atoms with E-state index in [0.717, 1.165) is 29.0 Å². The molecule has 5 nitrogen and oxygen atoms in total. The Balaban J connectivity index is 1.53. The van der Waals surface area contributed by atoms with Crippen molar-refractivity contribution in [3.05, 3.63) is 81.9 Å². The van der Waals surface area contributed by atoms with Crippen LogP contribution in [0, 0.1) is 18.3 Å². The van der Waals surface area contributed by atoms with Crippen LogP contribution in [0.1, 0.15) is 60.6 Å². The molecule has 0 saturated heterocycles. The summed E-state index contributed by atoms with van der Waals surface area (Å²) >= 11 is 1.41. The van der Waals surface area contributed by atoms with Gasteiger partial charge in [-0.2, -0.15) is 5.26 Å². The minimum Gasteiger partial charge on any atom is -0.494 e. The molecule has 3 rings (SSSR count). The van der Waals surface area contributed by atoms with Crippen molar-refractivity contribution in [2.24, 2.45) is 0 Å². The number of carbonyl (C=O) groups is 1. The van der Waals surface area contributed by atoms with Crippen LogP contribution >= 0.6 is 11.3 Å². The number of rotatable bonds is 12. The highest BCUT2D eigenvalue weighted by Crippen LogP contribution is 2.22. The van der Waals surface area contributed by atoms with Crippen LogP contribution in [0.5, 0.6) is 5.75 Å². The fraction of sp³-hybridized carbons (Fsp3) is 0.321. The predicted octanol–water partition coefficient (Wildman–Crippen LogP) is 6.94. The average molecular weight is 474 g/mol. The number of nitriles is 1. The number of amides is 1. The molecule has 0 aliphatic rings. The Hall–Kier alpha value is -3.43. The van der Waals surface area contributed by atoms with Gasteiger partial charge in [0, 0.05) is 17.5 Å². The molecule has 3 aromatic rings. The summed E-state index contributed by atoms with van der Waals surface area (Å²) in [6.07, 6.45) is 10.1. The standard InChI is InChI=1S/C28H31N3O2S/c1-3-4-5-6-7-16-33-25-14-12-22(13-15-25)17-24(19-29)27(32)31-28-30-20-26(34-28)18-23-10-8-21(2)9-11-23/h8-15,17,20H,3-7,16,18H2,1-2H3,(H,30,31,32)/b24-17+. The van der Waals surface area contributed by atoms with Gasteiger partial charge < -0.3 is 4.74 Å². The van der Waals surface area contributed by atoms with Crippen molar-refractivity contribution in [3.8, 4) is 11.8 Å². The van der Waals surface area contributed by atoms with E-state index in [9.17, 15) is 10.1 Å². The molecule has 176 valence electrons. The minimum atomic E-state index is -0.467. The lowest BCUT2D eigenvalue weighted by atomic mass is 10.1. The van der Waals surface area contributed by atoms with Crippen molar-refractivity contribution >= 4 is 28.5 Å². The Morgan fingerprint density at radius 3 is 2.53 bits per heavy atom. The van der Waals surface area contributed by atoms with E-state index in [-0.39, 0.29) is 5.57 Å². The number of thiazole rings is 1. The van der Waals surface area contributed by atoms with E-state index in [2.05, 4.69) is 48.4 Å². The number of nitrogens with one attached hydrogen (secondary N) is 1. The lowest BCUT2D eigenvalue weighted by molar-refractivity contribution is -0.112. The molecule has 0 aliphatic carbocycles. The molecule has 6 heteroatoms. The molecule has 34 heavy (non-hydrogen) atoms. The highest BCUT2D eigenvalue weighted by Gasteiger charge is 2.12. The number of nitrogens with zero attached hydrogens (tertiary/aromatic N) is 2. The van der Waals surface area contributed by atoms with E-state index in [0.29, 0.717) is 11.7 Å². The van der Waals surface area contributed by atoms with Gasteiger partial charge in [-0.25, -0.2) is 4.98 Å². The molecule has 0 radical (unpaired) electrons. The van der Waals surface area contributed by atoms with Gasteiger partial charge in [-0.05, 0) is 42.7 Å². The molecule has 2 aromatic carbocycles. The summed E-state index contributed by atoms with van der Waals surface area (Å²) in [4.78, 5) is 17.9. The van der Waals surface area contributed by atoms with Crippen LogP contribution in [-0.2, 0) is 11.2 Å². The molecule has 0 unspecified atom stereocenters. The molecular formula is C28H31N3O2S. The predicted molar refractivity (Wildman–Crippen MR) is 139 cm³/mol. The third kappa shape index (κ3) is 8.17. The third-order valence-electron chi connectivity index (χ3n) is 5.35. The van der Waals surface area contributed by atoms with Crippen molar-refractivity contribution in [3.63, 3.8) is 0 Å². The number of benzene rings is 2. The van der Waals surface area contributed by atoms with Crippen LogP contribution in [0.2, 0.25) is 0 Å². The fourth-order valence-electron chi connectivity index (χ4n) is 3.39. The van der Waals surface area contributed by atoms with Crippen molar-refractivity contribution in [2.45, 2.75) is 52.4 Å². The van der Waals surface area contributed by atoms with Crippen LogP contribution in [0.15, 0.2) is 60.3 Å². The first-order valence-corrected chi connectivity index (χ1v) is 12.6. The van der Waals surface area contributed by atoms with Gasteiger partial charge in [-0.3, -0.25) is 10.1 Å². The summed E-state index contributed by atoms with van der Waals surface area (Å²) in [5.41, 5.74) is 3.20. The van der Waals surface area contributed by atoms with E-state index in [1.54, 1.807) is 12.3 Å². The Kier molecular flexibility index (Phi) is 9.87. The molecule has 1 N–H and O–H groups in total. The summed E-state index contributed by atoms with van der Waals surface area (Å²) in [5.74, 6) is 0.325. The van der Waals surface area contributed by atoms with Gasteiger partial charge in [0.05, 0.1) is 6.61 Å². The van der Waals surface area contributed by atoms with Gasteiger partial charge >= 0.3 is 0 Å². The molecule has 0 bridgehead atoms. The second-order valence-corrected chi connectivity index (χ2v) is 9.36. The number of aromatic nitrogens is 1. The Bertz CT molecular complexity index is 1130. The van der Waals surface area contributed by atoms with Gasteiger partial charge in [0.15, 0.2) is 5.13 Å². The summed E-state index contributed by atoms with van der Waals surface area (Å²) in [7, 11) is 0. The van der Waals surface area contributed by atoms with Gasteiger partial charge in [-0.15, -0.1) is 11.3 Å². The molecular weight excluding hydrogens is 442 g/mol. The normalized spacial score (nSPS) is 11.1. The van der Waals surface area contributed by atoms with E-state index in [4.69, 9.17) is 4.74 Å². The Morgan fingerprint density at radius 1 is 1.09 bits per heavy atom. The topological polar surface area (TPSA) is 75.0 Å². The maximum Gasteiger partial charge on any atom is 0.268 e. The number of anilines is 1. The fourth-order valence-corrected chi connectivity index (χ4v) is 4.23. The van der Waals surface area contributed by atoms with E-state index in [1.807, 2.05) is 30.3 Å². The molecule has 0 fully saturated rings. The van der Waals surface area contributed by atoms with Crippen LogP contribution in [0.4, 0.5) is 5.13 Å². The monoisotopic (exact) mass is 473 g/mol. The smallest absolute Gasteiger partial charge is 0.268 e. The lowest BCUT2D eigenvalue weighted by Crippen LogP contribution is -2.13. The molecule has 0 spiro atoms. The molecule has 1 aromatic heterocycles. The number of hydrogen-bond acceptors (Lipinski definition) is 5. The average Bonchev–Trinajstić information content (AvgIpc) is 3.28. The zero-order valence-electron chi connectivity index (χ0n) is 19.8. The summed E-state index contributed by atoms with van der Waals surface area (Å²) < 4.78 is 5.78. The molecule has 1 amide bonds. The zero-order chi connectivity index (χ0) is 24.2. The first kappa shape index (κ1) is 25.2. The van der Waals surface area contributed by atoms with Crippen LogP contribution in [0.25, 0.3) is 6.08 Å². The van der Waals surface area contributed by atoms with Crippen molar-refractivity contribution < 1.29 is 9.53 Å². The molecule has 0 saturated carbocycles. The van der Waals surface area contributed by atoms with Crippen molar-refractivity contribution in [2.75, 3.05) is 11.9 Å². The first-order chi connectivity index (χ1) is 16.6. The van der Waals surface area contributed by atoms with E-state index >= 15 is 0 Å². The van der Waals surface area contributed by atoms with Crippen molar-refractivity contribution in [1.82, 2.24) is 4.98 Å². The van der Waals surface area contributed by atoms with Crippen LogP contribution < -0.4 is 10.1 Å². The Morgan fingerprint density at radius 2 is 1.82 bits per heavy atom. The maximum atomic E-state index is 12.6. The van der Waals surface area contributed by atoms with Gasteiger partial charge in [0.2, 0.25) is 0 Å². The summed E-state index contributed by atoms with van der Waals surface area (Å²) in [5, 5.41) is 12.7. The second kappa shape index (κ2) is 13.3. The number of hydrogen-bond donors (Lipinski definition) is 1. The maximum absolute atomic E-state index is 12.6. The number of ether oxygens (including phenoxy) is 1. The van der Waals surface area contributed by atoms with Crippen LogP contribution in [0.3, 0.4) is 0 Å². The van der Waals surface area contributed by atoms with E-state index < -0.39 is 5.91 Å². The molecule has 1 heterocycles. The van der Waals surface area contributed by atoms with Crippen molar-refractivity contribution in [1.29, 1.82) is 5.26 Å². The Labute approximate surface area is 206 Å². The van der Waals surface area contributed by atoms with Gasteiger partial charge in [0.25, 0.3) is 5.91 Å². The summed E-state index contributed by atoms with van der Waals surface area (Å²) in [6, 6.07) is 17.8. The quantitative estimate of drug-likeness (QED) is 0.176. The molecule has 0 atom stereocenters. The third-order valence-corrected chi connectivity index (χ3v) is 6.26. The highest BCUT2D eigenvalue weighted by atomic mass is 32.1. The summed E-state index contributed by atoms with van der Waals surface area (Å²) in [6.45, 7) is 4.96. The number of carbonyl (C=O) groups excluding carboxylic acids is 1. The van der Waals surface area contributed by atoms with Gasteiger partial charge in [-0.1, -0.05) is 74.6 Å². The highest BCUT2D eigenvalue weighted by molar-refractivity contribution is 7.15. The van der Waals surface area contributed by atoms with Gasteiger partial charge in [0.1, 0.15) is 17.4 Å². The zero-order valence-corrected chi connectivity index (χ0v) is 20.7. The first-order valence-electron chi connectivity index (χ1n) is 11.7. The largest absolute Gasteiger partial charge is 0.494 e.